The fourth-order valence-corrected chi connectivity index (χ4v) is 3.65. The van der Waals surface area contributed by atoms with E-state index in [0.717, 1.165) is 0 Å². The van der Waals surface area contributed by atoms with Crippen molar-refractivity contribution in [2.45, 2.75) is 4.90 Å². The van der Waals surface area contributed by atoms with E-state index < -0.39 is 22.9 Å². The topological polar surface area (TPSA) is 118 Å². The number of benzene rings is 2. The lowest BCUT2D eigenvalue weighted by atomic mass is 10.1. The van der Waals surface area contributed by atoms with Crippen LogP contribution in [-0.2, 0) is 11.0 Å². The average Bonchev–Trinajstić information content (AvgIpc) is 2.75. The normalized spacial score (nSPS) is 11.4. The second-order valence-corrected chi connectivity index (χ2v) is 8.06. The minimum absolute atomic E-state index is 0.0345. The van der Waals surface area contributed by atoms with Gasteiger partial charge in [-0.1, -0.05) is 15.9 Å². The van der Waals surface area contributed by atoms with Gasteiger partial charge >= 0.3 is 5.97 Å². The number of hydrogen-bond donors (Lipinski definition) is 3. The maximum Gasteiger partial charge on any atom is 0.337 e. The van der Waals surface area contributed by atoms with E-state index in [4.69, 9.17) is 4.74 Å². The number of halogens is 1. The molecule has 0 saturated carbocycles. The van der Waals surface area contributed by atoms with E-state index in [9.17, 15) is 18.9 Å². The summed E-state index contributed by atoms with van der Waals surface area (Å²) < 4.78 is 20.8. The highest BCUT2D eigenvalue weighted by molar-refractivity contribution is 9.10. The van der Waals surface area contributed by atoms with Gasteiger partial charge in [0, 0.05) is 16.1 Å². The summed E-state index contributed by atoms with van der Waals surface area (Å²) in [6.07, 6.45) is 1.50. The van der Waals surface area contributed by atoms with Crippen molar-refractivity contribution in [2.75, 3.05) is 17.1 Å². The van der Waals surface area contributed by atoms with Crippen LogP contribution in [0.4, 0.5) is 11.4 Å². The van der Waals surface area contributed by atoms with Crippen molar-refractivity contribution in [2.24, 2.45) is 0 Å². The molecule has 0 fully saturated rings. The van der Waals surface area contributed by atoms with Gasteiger partial charge in [0.25, 0.3) is 5.91 Å². The second kappa shape index (κ2) is 9.51. The number of methoxy groups -OCH3 is 1. The molecule has 3 aromatic rings. The zero-order chi connectivity index (χ0) is 21.7. The zero-order valence-corrected chi connectivity index (χ0v) is 18.0. The van der Waals surface area contributed by atoms with Crippen molar-refractivity contribution in [1.29, 1.82) is 0 Å². The number of carboxylic acids is 1. The SMILES string of the molecule is COc1ccc(NS(=O)c2ccc(C(=O)Nc3ccc(Br)cc3C(=O)O)cc2)cn1. The van der Waals surface area contributed by atoms with Gasteiger partial charge in [0.15, 0.2) is 0 Å². The smallest absolute Gasteiger partial charge is 0.337 e. The van der Waals surface area contributed by atoms with E-state index in [-0.39, 0.29) is 11.3 Å². The number of ether oxygens (including phenoxy) is 1. The molecule has 1 heterocycles. The summed E-state index contributed by atoms with van der Waals surface area (Å²) in [4.78, 5) is 28.3. The summed E-state index contributed by atoms with van der Waals surface area (Å²) in [5.74, 6) is -1.19. The average molecular weight is 490 g/mol. The van der Waals surface area contributed by atoms with Gasteiger partial charge in [-0.2, -0.15) is 0 Å². The molecule has 0 saturated heterocycles. The number of hydrogen-bond acceptors (Lipinski definition) is 5. The molecule has 0 spiro atoms. The van der Waals surface area contributed by atoms with Gasteiger partial charge in [0.1, 0.15) is 11.0 Å². The van der Waals surface area contributed by atoms with Crippen molar-refractivity contribution in [3.63, 3.8) is 0 Å². The summed E-state index contributed by atoms with van der Waals surface area (Å²) >= 11 is 3.21. The number of carbonyl (C=O) groups is 2. The molecule has 30 heavy (non-hydrogen) atoms. The van der Waals surface area contributed by atoms with Crippen LogP contribution >= 0.6 is 15.9 Å². The first-order valence-electron chi connectivity index (χ1n) is 8.50. The van der Waals surface area contributed by atoms with Gasteiger partial charge in [-0.05, 0) is 48.5 Å². The molecule has 0 aliphatic rings. The van der Waals surface area contributed by atoms with Crippen molar-refractivity contribution in [3.05, 3.63) is 76.4 Å². The molecule has 0 aliphatic carbocycles. The molecule has 10 heteroatoms. The molecule has 1 aromatic heterocycles. The fourth-order valence-electron chi connectivity index (χ4n) is 2.45. The van der Waals surface area contributed by atoms with E-state index in [1.165, 1.54) is 37.6 Å². The number of carbonyl (C=O) groups excluding carboxylic acids is 1. The Morgan fingerprint density at radius 3 is 2.43 bits per heavy atom. The molecule has 0 bridgehead atoms. The Labute approximate surface area is 183 Å². The molecule has 1 atom stereocenters. The molecule has 1 amide bonds. The number of carboxylic acid groups (broad SMARTS) is 1. The number of rotatable bonds is 7. The van der Waals surface area contributed by atoms with Gasteiger partial charge in [-0.25, -0.2) is 14.0 Å². The predicted octanol–water partition coefficient (Wildman–Crippen LogP) is 3.94. The molecule has 0 aliphatic heterocycles. The quantitative estimate of drug-likeness (QED) is 0.462. The third-order valence-corrected chi connectivity index (χ3v) is 5.56. The first kappa shape index (κ1) is 21.5. The highest BCUT2D eigenvalue weighted by Crippen LogP contribution is 2.22. The van der Waals surface area contributed by atoms with Crippen LogP contribution in [0.3, 0.4) is 0 Å². The van der Waals surface area contributed by atoms with Crippen LogP contribution in [0.1, 0.15) is 20.7 Å². The number of pyridine rings is 1. The Morgan fingerprint density at radius 1 is 1.10 bits per heavy atom. The van der Waals surface area contributed by atoms with Gasteiger partial charge in [-0.3, -0.25) is 9.52 Å². The summed E-state index contributed by atoms with van der Waals surface area (Å²) in [6.45, 7) is 0. The summed E-state index contributed by atoms with van der Waals surface area (Å²) in [5.41, 5.74) is 0.985. The first-order valence-corrected chi connectivity index (χ1v) is 10.4. The van der Waals surface area contributed by atoms with E-state index in [1.807, 2.05) is 0 Å². The van der Waals surface area contributed by atoms with Gasteiger partial charge in [0.2, 0.25) is 5.88 Å². The lowest BCUT2D eigenvalue weighted by Gasteiger charge is -2.10. The van der Waals surface area contributed by atoms with Crippen LogP contribution in [0.2, 0.25) is 0 Å². The van der Waals surface area contributed by atoms with Crippen LogP contribution in [0.15, 0.2) is 70.2 Å². The second-order valence-electron chi connectivity index (χ2n) is 5.93. The van der Waals surface area contributed by atoms with Crippen LogP contribution in [0.25, 0.3) is 0 Å². The Hall–Kier alpha value is -3.24. The number of amides is 1. The Kier molecular flexibility index (Phi) is 6.80. The highest BCUT2D eigenvalue weighted by atomic mass is 79.9. The van der Waals surface area contributed by atoms with Crippen molar-refractivity contribution >= 4 is 50.2 Å². The van der Waals surface area contributed by atoms with Gasteiger partial charge in [0.05, 0.1) is 35.1 Å². The molecular formula is C20H16BrN3O5S. The lowest BCUT2D eigenvalue weighted by Crippen LogP contribution is -2.15. The molecule has 3 rings (SSSR count). The molecule has 1 unspecified atom stereocenters. The largest absolute Gasteiger partial charge is 0.481 e. The number of anilines is 2. The Bertz CT molecular complexity index is 1100. The number of aromatic nitrogens is 1. The summed E-state index contributed by atoms with van der Waals surface area (Å²) in [5, 5.41) is 11.9. The van der Waals surface area contributed by atoms with Gasteiger partial charge < -0.3 is 15.2 Å². The molecule has 8 nitrogen and oxygen atoms in total. The maximum atomic E-state index is 12.5. The van der Waals surface area contributed by atoms with Crippen molar-refractivity contribution in [1.82, 2.24) is 4.98 Å². The Balaban J connectivity index is 1.69. The standard InChI is InChI=1S/C20H16BrN3O5S/c1-29-18-9-5-14(11-22-18)24-30(28)15-6-2-12(3-7-15)19(25)23-17-8-4-13(21)10-16(17)20(26)27/h2-11,24H,1H3,(H,23,25)(H,26,27). The number of nitrogens with one attached hydrogen (secondary N) is 2. The van der Waals surface area contributed by atoms with E-state index in [0.29, 0.717) is 26.5 Å². The zero-order valence-electron chi connectivity index (χ0n) is 15.6. The van der Waals surface area contributed by atoms with Gasteiger partial charge in [-0.15, -0.1) is 0 Å². The van der Waals surface area contributed by atoms with Crippen LogP contribution in [0, 0.1) is 0 Å². The molecule has 154 valence electrons. The molecular weight excluding hydrogens is 474 g/mol. The van der Waals surface area contributed by atoms with E-state index in [2.05, 4.69) is 31.0 Å². The molecule has 2 aromatic carbocycles. The fraction of sp³-hybridized carbons (Fsp3) is 0.0500. The number of nitrogens with zero attached hydrogens (tertiary/aromatic N) is 1. The minimum atomic E-state index is -1.56. The summed E-state index contributed by atoms with van der Waals surface area (Å²) in [6, 6.07) is 14.0. The van der Waals surface area contributed by atoms with Crippen LogP contribution in [-0.4, -0.2) is 33.3 Å². The first-order chi connectivity index (χ1) is 14.4. The third kappa shape index (κ3) is 5.22. The highest BCUT2D eigenvalue weighted by Gasteiger charge is 2.15. The molecule has 0 radical (unpaired) electrons. The number of aromatic carboxylic acids is 1. The molecule has 3 N–H and O–H groups in total. The van der Waals surface area contributed by atoms with Crippen molar-refractivity contribution < 1.29 is 23.6 Å². The van der Waals surface area contributed by atoms with Crippen LogP contribution < -0.4 is 14.8 Å². The Morgan fingerprint density at radius 2 is 1.83 bits per heavy atom. The lowest BCUT2D eigenvalue weighted by molar-refractivity contribution is 0.0698. The van der Waals surface area contributed by atoms with E-state index in [1.54, 1.807) is 30.3 Å². The minimum Gasteiger partial charge on any atom is -0.481 e. The summed E-state index contributed by atoms with van der Waals surface area (Å²) in [7, 11) is -0.0558. The third-order valence-electron chi connectivity index (χ3n) is 3.95. The van der Waals surface area contributed by atoms with E-state index >= 15 is 0 Å². The predicted molar refractivity (Wildman–Crippen MR) is 116 cm³/mol. The maximum absolute atomic E-state index is 12.5. The monoisotopic (exact) mass is 489 g/mol. The van der Waals surface area contributed by atoms with Crippen molar-refractivity contribution in [3.8, 4) is 5.88 Å². The van der Waals surface area contributed by atoms with Crippen LogP contribution in [0.5, 0.6) is 5.88 Å².